The number of para-hydroxylation sites is 1. The molecule has 4 heteroatoms. The molecule has 2 aromatic heterocycles. The van der Waals surface area contributed by atoms with Crippen molar-refractivity contribution in [2.24, 2.45) is 0 Å². The lowest BCUT2D eigenvalue weighted by Crippen LogP contribution is -2.38. The van der Waals surface area contributed by atoms with Crippen LogP contribution < -0.4 is 16.2 Å². The highest BCUT2D eigenvalue weighted by Gasteiger charge is 2.38. The van der Waals surface area contributed by atoms with E-state index in [2.05, 4.69) is 208 Å². The summed E-state index contributed by atoms with van der Waals surface area (Å²) in [7, 11) is 2.51. The molecule has 0 spiro atoms. The van der Waals surface area contributed by atoms with Gasteiger partial charge in [0.1, 0.15) is 0 Å². The topological polar surface area (TPSA) is 17.0 Å². The lowest BCUT2D eigenvalue weighted by molar-refractivity contribution is 0.661. The molecule has 1 radical (unpaired) electrons. The number of benzene rings is 9. The van der Waals surface area contributed by atoms with Gasteiger partial charge in [-0.2, -0.15) is 0 Å². The van der Waals surface area contributed by atoms with Crippen molar-refractivity contribution >= 4 is 93.7 Å². The van der Waals surface area contributed by atoms with Gasteiger partial charge in [-0.25, -0.2) is 0 Å². The van der Waals surface area contributed by atoms with E-state index in [9.17, 15) is 0 Å². The molecule has 64 heavy (non-hydrogen) atoms. The lowest BCUT2D eigenvalue weighted by Gasteiger charge is -2.27. The number of fused-ring (bicyclic) bond motifs is 13. The third kappa shape index (κ3) is 5.58. The van der Waals surface area contributed by atoms with Crippen LogP contribution in [-0.2, 0) is 11.8 Å². The van der Waals surface area contributed by atoms with Crippen LogP contribution in [0.25, 0.3) is 91.8 Å². The SMILES string of the molecule is CCCCCc1ccc(Nc2ccccc2-c2cc(-c3ccc4c(c3)sc3ccccc34)c3c4c5ccccc5ccc4n4c3c2[B]c2cc3c(cc2-4)-c2ccccc2C3(C)C)cc1. The number of aromatic nitrogens is 1. The molecule has 9 aromatic carbocycles. The van der Waals surface area contributed by atoms with Crippen LogP contribution in [0.5, 0.6) is 0 Å². The summed E-state index contributed by atoms with van der Waals surface area (Å²) in [6.07, 6.45) is 4.86. The molecule has 2 nitrogen and oxygen atoms in total. The zero-order valence-corrected chi connectivity index (χ0v) is 37.2. The Morgan fingerprint density at radius 1 is 0.578 bits per heavy atom. The van der Waals surface area contributed by atoms with Crippen molar-refractivity contribution in [2.75, 3.05) is 5.32 Å². The maximum absolute atomic E-state index is 3.90. The maximum atomic E-state index is 3.90. The summed E-state index contributed by atoms with van der Waals surface area (Å²) >= 11 is 1.89. The average molecular weight is 838 g/mol. The highest BCUT2D eigenvalue weighted by atomic mass is 32.1. The Kier molecular flexibility index (Phi) is 8.43. The summed E-state index contributed by atoms with van der Waals surface area (Å²) in [5.74, 6) is 0. The second-order valence-electron chi connectivity index (χ2n) is 18.5. The fourth-order valence-corrected chi connectivity index (χ4v) is 12.4. The molecule has 3 heterocycles. The summed E-state index contributed by atoms with van der Waals surface area (Å²) in [5.41, 5.74) is 20.1. The van der Waals surface area contributed by atoms with Crippen LogP contribution in [0.2, 0.25) is 0 Å². The van der Waals surface area contributed by atoms with E-state index in [1.165, 1.54) is 139 Å². The molecule has 13 rings (SSSR count). The van der Waals surface area contributed by atoms with E-state index < -0.39 is 0 Å². The summed E-state index contributed by atoms with van der Waals surface area (Å²) in [6, 6.07) is 64.2. The number of nitrogens with zero attached hydrogens (tertiary/aromatic N) is 1. The van der Waals surface area contributed by atoms with Crippen molar-refractivity contribution in [1.82, 2.24) is 4.57 Å². The van der Waals surface area contributed by atoms with Crippen LogP contribution in [0.15, 0.2) is 170 Å². The Bertz CT molecular complexity index is 3720. The highest BCUT2D eigenvalue weighted by Crippen LogP contribution is 2.51. The summed E-state index contributed by atoms with van der Waals surface area (Å²) < 4.78 is 5.26. The number of nitrogens with one attached hydrogen (secondary N) is 1. The van der Waals surface area contributed by atoms with Crippen LogP contribution in [0.1, 0.15) is 56.7 Å². The summed E-state index contributed by atoms with van der Waals surface area (Å²) in [4.78, 5) is 0. The first-order valence-electron chi connectivity index (χ1n) is 23.0. The molecule has 0 bridgehead atoms. The number of anilines is 2. The van der Waals surface area contributed by atoms with Gasteiger partial charge in [0, 0.05) is 64.5 Å². The Hall–Kier alpha value is -6.88. The smallest absolute Gasteiger partial charge is 0.197 e. The monoisotopic (exact) mass is 837 g/mol. The van der Waals surface area contributed by atoms with E-state index in [1.807, 2.05) is 11.3 Å². The molecular formula is C60H46BN2S. The van der Waals surface area contributed by atoms with E-state index in [-0.39, 0.29) is 5.41 Å². The van der Waals surface area contributed by atoms with Crippen LogP contribution in [0.3, 0.4) is 0 Å². The van der Waals surface area contributed by atoms with Crippen molar-refractivity contribution in [3.05, 3.63) is 187 Å². The first kappa shape index (κ1) is 37.7. The number of unbranched alkanes of at least 4 members (excludes halogenated alkanes) is 2. The van der Waals surface area contributed by atoms with Crippen molar-refractivity contribution in [3.63, 3.8) is 0 Å². The average Bonchev–Trinajstić information content (AvgIpc) is 3.96. The molecule has 0 unspecified atom stereocenters. The second-order valence-corrected chi connectivity index (χ2v) is 19.6. The zero-order valence-electron chi connectivity index (χ0n) is 36.4. The number of thiophene rings is 1. The Balaban J connectivity index is 1.11. The molecule has 0 fully saturated rings. The van der Waals surface area contributed by atoms with Crippen molar-refractivity contribution < 1.29 is 0 Å². The molecule has 0 saturated carbocycles. The lowest BCUT2D eigenvalue weighted by atomic mass is 9.58. The van der Waals surface area contributed by atoms with Gasteiger partial charge >= 0.3 is 0 Å². The fourth-order valence-electron chi connectivity index (χ4n) is 11.3. The minimum Gasteiger partial charge on any atom is -0.355 e. The maximum Gasteiger partial charge on any atom is 0.197 e. The minimum absolute atomic E-state index is 0.112. The summed E-state index contributed by atoms with van der Waals surface area (Å²) in [6.45, 7) is 7.05. The number of hydrogen-bond donors (Lipinski definition) is 1. The Morgan fingerprint density at radius 2 is 1.34 bits per heavy atom. The third-order valence-electron chi connectivity index (χ3n) is 14.4. The van der Waals surface area contributed by atoms with Crippen LogP contribution in [0.4, 0.5) is 11.4 Å². The van der Waals surface area contributed by atoms with Gasteiger partial charge in [-0.05, 0) is 122 Å². The Morgan fingerprint density at radius 3 is 2.22 bits per heavy atom. The molecule has 1 aliphatic carbocycles. The van der Waals surface area contributed by atoms with E-state index in [0.29, 0.717) is 0 Å². The predicted octanol–water partition coefficient (Wildman–Crippen LogP) is 15.4. The van der Waals surface area contributed by atoms with Crippen molar-refractivity contribution in [3.8, 4) is 39.1 Å². The predicted molar refractivity (Wildman–Crippen MR) is 278 cm³/mol. The van der Waals surface area contributed by atoms with Gasteiger partial charge < -0.3 is 9.88 Å². The molecule has 305 valence electrons. The van der Waals surface area contributed by atoms with Gasteiger partial charge in [-0.1, -0.05) is 160 Å². The van der Waals surface area contributed by atoms with E-state index in [4.69, 9.17) is 0 Å². The first-order chi connectivity index (χ1) is 31.4. The van der Waals surface area contributed by atoms with Gasteiger partial charge in [-0.15, -0.1) is 11.3 Å². The molecule has 1 aliphatic heterocycles. The summed E-state index contributed by atoms with van der Waals surface area (Å²) in [5, 5.41) is 11.7. The first-order valence-corrected chi connectivity index (χ1v) is 23.8. The molecule has 11 aromatic rings. The standard InChI is InChI=1S/C60H46BN2S/c1-4-5-6-15-36-24-28-39(29-25-36)62-51-22-13-10-19-42(51)47-33-45(38-26-30-44-43-20-11-14-23-54(43)64-55(44)32-38)57-56-40-17-8-7-16-37(40)27-31-52(56)63-53-34-46-41-18-9-12-21-48(41)60(2,3)49(46)35-50(53)61-58(47)59(57)63/h7-14,16-35,62H,4-6,15H2,1-3H3. The van der Waals surface area contributed by atoms with Gasteiger partial charge in [0.05, 0.1) is 5.52 Å². The van der Waals surface area contributed by atoms with Crippen molar-refractivity contribution in [1.29, 1.82) is 0 Å². The third-order valence-corrected chi connectivity index (χ3v) is 15.6. The van der Waals surface area contributed by atoms with Crippen molar-refractivity contribution in [2.45, 2.75) is 51.9 Å². The molecule has 0 saturated heterocycles. The van der Waals surface area contributed by atoms with Gasteiger partial charge in [0.15, 0.2) is 7.28 Å². The number of rotatable bonds is 8. The number of hydrogen-bond acceptors (Lipinski definition) is 2. The van der Waals surface area contributed by atoms with Crippen LogP contribution in [0, 0.1) is 0 Å². The van der Waals surface area contributed by atoms with Gasteiger partial charge in [0.2, 0.25) is 0 Å². The molecule has 2 aliphatic rings. The largest absolute Gasteiger partial charge is 0.355 e. The molecular weight excluding hydrogens is 792 g/mol. The van der Waals surface area contributed by atoms with Crippen LogP contribution in [-0.4, -0.2) is 11.8 Å². The molecule has 0 amide bonds. The minimum atomic E-state index is -0.112. The van der Waals surface area contributed by atoms with E-state index in [1.54, 1.807) is 0 Å². The van der Waals surface area contributed by atoms with Gasteiger partial charge in [-0.3, -0.25) is 0 Å². The Labute approximate surface area is 379 Å². The normalized spacial score (nSPS) is 13.4. The molecule has 1 N–H and O–H groups in total. The molecule has 0 atom stereocenters. The number of aryl methyl sites for hydroxylation is 1. The zero-order chi connectivity index (χ0) is 42.7. The quantitative estimate of drug-likeness (QED) is 0.119. The van der Waals surface area contributed by atoms with Crippen LogP contribution >= 0.6 is 11.3 Å². The van der Waals surface area contributed by atoms with Gasteiger partial charge in [0.25, 0.3) is 0 Å². The fraction of sp³-hybridized carbons (Fsp3) is 0.133. The second kappa shape index (κ2) is 14.3. The van der Waals surface area contributed by atoms with E-state index >= 15 is 0 Å². The highest BCUT2D eigenvalue weighted by molar-refractivity contribution is 7.25. The van der Waals surface area contributed by atoms with E-state index in [0.717, 1.165) is 17.8 Å².